The van der Waals surface area contributed by atoms with Gasteiger partial charge < -0.3 is 20.3 Å². The van der Waals surface area contributed by atoms with Gasteiger partial charge in [-0.2, -0.15) is 0 Å². The summed E-state index contributed by atoms with van der Waals surface area (Å²) < 4.78 is 5.49. The molecule has 0 aliphatic rings. The van der Waals surface area contributed by atoms with Gasteiger partial charge in [0.15, 0.2) is 0 Å². The van der Waals surface area contributed by atoms with Crippen LogP contribution in [0.4, 0.5) is 0 Å². The first-order chi connectivity index (χ1) is 42.5. The molecule has 512 valence electrons. The smallest absolute Gasteiger partial charge is 0.305 e. The van der Waals surface area contributed by atoms with Crippen LogP contribution in [0.2, 0.25) is 0 Å². The van der Waals surface area contributed by atoms with E-state index in [4.69, 9.17) is 4.74 Å². The van der Waals surface area contributed by atoms with Gasteiger partial charge in [-0.25, -0.2) is 0 Å². The minimum absolute atomic E-state index is 0.0210. The molecule has 0 bridgehead atoms. The molecule has 0 spiro atoms. The molecule has 6 heteroatoms. The molecular formula is C80H157NO5. The highest BCUT2D eigenvalue weighted by molar-refractivity contribution is 5.76. The number of hydrogen-bond donors (Lipinski definition) is 3. The highest BCUT2D eigenvalue weighted by Crippen LogP contribution is 2.20. The number of rotatable bonds is 76. The maximum Gasteiger partial charge on any atom is 0.305 e. The Morgan fingerprint density at radius 3 is 0.826 bits per heavy atom. The van der Waals surface area contributed by atoms with Gasteiger partial charge in [-0.3, -0.25) is 9.59 Å². The van der Waals surface area contributed by atoms with Crippen molar-refractivity contribution < 1.29 is 24.5 Å². The zero-order valence-electron chi connectivity index (χ0n) is 58.8. The van der Waals surface area contributed by atoms with Crippen LogP contribution in [0.25, 0.3) is 0 Å². The Labute approximate surface area is 539 Å². The summed E-state index contributed by atoms with van der Waals surface area (Å²) in [4.78, 5) is 24.6. The van der Waals surface area contributed by atoms with Gasteiger partial charge in [0.1, 0.15) is 0 Å². The van der Waals surface area contributed by atoms with E-state index in [0.717, 1.165) is 38.5 Å². The summed E-state index contributed by atoms with van der Waals surface area (Å²) in [6.07, 6.45) is 95.9. The second-order valence-corrected chi connectivity index (χ2v) is 27.8. The van der Waals surface area contributed by atoms with Crippen LogP contribution in [0.3, 0.4) is 0 Å². The normalized spacial score (nSPS) is 12.5. The summed E-state index contributed by atoms with van der Waals surface area (Å²) in [5.41, 5.74) is 0. The number of allylic oxidation sites excluding steroid dienone is 2. The Bertz CT molecular complexity index is 1300. The SMILES string of the molecule is CCCCCCCCCCCCCCCCCCCCCCCCCCC(O)C(CO)NC(=O)CCCCCCCCCCCCCCCCCC/C=C\CCCCCCCCCCCCCCOC(=O)CCCCCCCCCCCCCCC. The molecule has 0 aliphatic carbocycles. The number of esters is 1. The number of amides is 1. The monoisotopic (exact) mass is 1210 g/mol. The molecule has 0 heterocycles. The van der Waals surface area contributed by atoms with Crippen molar-refractivity contribution in [1.29, 1.82) is 0 Å². The third-order valence-corrected chi connectivity index (χ3v) is 19.1. The van der Waals surface area contributed by atoms with E-state index in [9.17, 15) is 19.8 Å². The van der Waals surface area contributed by atoms with E-state index >= 15 is 0 Å². The molecule has 0 rings (SSSR count). The number of hydrogen-bond acceptors (Lipinski definition) is 5. The van der Waals surface area contributed by atoms with Gasteiger partial charge in [0.25, 0.3) is 0 Å². The van der Waals surface area contributed by atoms with Crippen LogP contribution in [0.1, 0.15) is 463 Å². The number of carbonyl (C=O) groups excluding carboxylic acids is 2. The predicted octanol–water partition coefficient (Wildman–Crippen LogP) is 26.3. The minimum Gasteiger partial charge on any atom is -0.466 e. The summed E-state index contributed by atoms with van der Waals surface area (Å²) in [5, 5.41) is 23.5. The molecule has 6 nitrogen and oxygen atoms in total. The van der Waals surface area contributed by atoms with Gasteiger partial charge >= 0.3 is 5.97 Å². The number of ether oxygens (including phenoxy) is 1. The molecule has 2 atom stereocenters. The van der Waals surface area contributed by atoms with Crippen LogP contribution >= 0.6 is 0 Å². The van der Waals surface area contributed by atoms with E-state index in [0.29, 0.717) is 25.9 Å². The summed E-state index contributed by atoms with van der Waals surface area (Å²) >= 11 is 0. The molecule has 0 aliphatic heterocycles. The van der Waals surface area contributed by atoms with Crippen molar-refractivity contribution in [3.63, 3.8) is 0 Å². The lowest BCUT2D eigenvalue weighted by molar-refractivity contribution is -0.143. The van der Waals surface area contributed by atoms with Gasteiger partial charge in [0, 0.05) is 12.8 Å². The summed E-state index contributed by atoms with van der Waals surface area (Å²) in [7, 11) is 0. The van der Waals surface area contributed by atoms with E-state index in [2.05, 4.69) is 31.3 Å². The molecule has 2 unspecified atom stereocenters. The van der Waals surface area contributed by atoms with Gasteiger partial charge in [-0.05, 0) is 51.4 Å². The number of nitrogens with one attached hydrogen (secondary N) is 1. The van der Waals surface area contributed by atoms with Gasteiger partial charge in [-0.1, -0.05) is 411 Å². The van der Waals surface area contributed by atoms with Crippen molar-refractivity contribution in [1.82, 2.24) is 5.32 Å². The van der Waals surface area contributed by atoms with Gasteiger partial charge in [0.2, 0.25) is 5.91 Å². The first kappa shape index (κ1) is 84.6. The maximum atomic E-state index is 12.6. The van der Waals surface area contributed by atoms with E-state index in [1.807, 2.05) is 0 Å². The van der Waals surface area contributed by atoms with Crippen LogP contribution in [0.15, 0.2) is 12.2 Å². The molecule has 0 aromatic rings. The van der Waals surface area contributed by atoms with E-state index in [1.54, 1.807) is 0 Å². The Kier molecular flexibility index (Phi) is 74.8. The van der Waals surface area contributed by atoms with E-state index < -0.39 is 12.1 Å². The number of unbranched alkanes of at least 4 members (excludes halogenated alkanes) is 63. The molecule has 0 radical (unpaired) electrons. The zero-order valence-corrected chi connectivity index (χ0v) is 58.8. The molecule has 0 aromatic heterocycles. The van der Waals surface area contributed by atoms with Gasteiger partial charge in [0.05, 0.1) is 25.4 Å². The highest BCUT2D eigenvalue weighted by Gasteiger charge is 2.20. The first-order valence-corrected chi connectivity index (χ1v) is 39.9. The fourth-order valence-corrected chi connectivity index (χ4v) is 13.0. The third-order valence-electron chi connectivity index (χ3n) is 19.1. The second kappa shape index (κ2) is 76.1. The minimum atomic E-state index is -0.663. The highest BCUT2D eigenvalue weighted by atomic mass is 16.5. The second-order valence-electron chi connectivity index (χ2n) is 27.8. The Morgan fingerprint density at radius 2 is 0.547 bits per heavy atom. The lowest BCUT2D eigenvalue weighted by Crippen LogP contribution is -2.45. The Balaban J connectivity index is 3.35. The topological polar surface area (TPSA) is 95.9 Å². The molecular weight excluding hydrogens is 1050 g/mol. The number of aliphatic hydroxyl groups is 2. The van der Waals surface area contributed by atoms with E-state index in [1.165, 1.54) is 392 Å². The quantitative estimate of drug-likeness (QED) is 0.0320. The largest absolute Gasteiger partial charge is 0.466 e. The van der Waals surface area contributed by atoms with Crippen molar-refractivity contribution in [3.05, 3.63) is 12.2 Å². The van der Waals surface area contributed by atoms with Crippen molar-refractivity contribution in [2.75, 3.05) is 13.2 Å². The standard InChI is InChI=1S/C80H157NO5/c1-3-5-7-9-11-13-15-17-18-19-20-21-22-33-36-39-42-45-49-52-56-60-64-68-72-78(83)77(76-82)81-79(84)73-69-65-61-57-53-50-46-43-40-37-34-31-29-27-25-23-24-26-28-30-32-35-38-41-44-47-51-55-59-63-67-71-75-86-80(85)74-70-66-62-58-54-48-16-14-12-10-8-6-4-2/h26,28,77-78,82-83H,3-25,27,29-76H2,1-2H3,(H,81,84)/b28-26-. The number of aliphatic hydroxyl groups excluding tert-OH is 2. The Morgan fingerprint density at radius 1 is 0.314 bits per heavy atom. The Hall–Kier alpha value is -1.40. The number of carbonyl (C=O) groups is 2. The van der Waals surface area contributed by atoms with Crippen molar-refractivity contribution in [3.8, 4) is 0 Å². The first-order valence-electron chi connectivity index (χ1n) is 39.9. The zero-order chi connectivity index (χ0) is 62.0. The molecule has 1 amide bonds. The van der Waals surface area contributed by atoms with Crippen molar-refractivity contribution >= 4 is 11.9 Å². The lowest BCUT2D eigenvalue weighted by atomic mass is 10.0. The van der Waals surface area contributed by atoms with Crippen LogP contribution in [-0.2, 0) is 14.3 Å². The molecule has 0 saturated carbocycles. The van der Waals surface area contributed by atoms with Crippen molar-refractivity contribution in [2.24, 2.45) is 0 Å². The predicted molar refractivity (Wildman–Crippen MR) is 380 cm³/mol. The van der Waals surface area contributed by atoms with Crippen LogP contribution in [0.5, 0.6) is 0 Å². The summed E-state index contributed by atoms with van der Waals surface area (Å²) in [6.45, 7) is 5.01. The summed E-state index contributed by atoms with van der Waals surface area (Å²) in [5.74, 6) is -0.00510. The molecule has 0 saturated heterocycles. The molecule has 3 N–H and O–H groups in total. The van der Waals surface area contributed by atoms with Crippen LogP contribution in [0, 0.1) is 0 Å². The maximum absolute atomic E-state index is 12.6. The summed E-state index contributed by atoms with van der Waals surface area (Å²) in [6, 6.07) is -0.540. The third kappa shape index (κ3) is 71.7. The fraction of sp³-hybridized carbons (Fsp3) is 0.950. The van der Waals surface area contributed by atoms with Crippen LogP contribution in [-0.4, -0.2) is 47.4 Å². The lowest BCUT2D eigenvalue weighted by Gasteiger charge is -2.22. The fourth-order valence-electron chi connectivity index (χ4n) is 13.0. The molecule has 0 fully saturated rings. The van der Waals surface area contributed by atoms with Crippen molar-refractivity contribution in [2.45, 2.75) is 475 Å². The van der Waals surface area contributed by atoms with Gasteiger partial charge in [-0.15, -0.1) is 0 Å². The average molecular weight is 1210 g/mol. The molecule has 86 heavy (non-hydrogen) atoms. The molecule has 0 aromatic carbocycles. The van der Waals surface area contributed by atoms with E-state index in [-0.39, 0.29) is 18.5 Å². The average Bonchev–Trinajstić information content (AvgIpc) is 3.55. The van der Waals surface area contributed by atoms with Crippen LogP contribution < -0.4 is 5.32 Å².